The molecule has 2 N–H and O–H groups in total. The third-order valence-electron chi connectivity index (χ3n) is 3.83. The van der Waals surface area contributed by atoms with E-state index < -0.39 is 0 Å². The maximum Gasteiger partial charge on any atom is 0.0446 e. The van der Waals surface area contributed by atoms with Gasteiger partial charge in [-0.25, -0.2) is 0 Å². The minimum atomic E-state index is 0.561. The molecule has 1 aliphatic rings. The molecular weight excluding hydrogens is 224 g/mol. The van der Waals surface area contributed by atoms with Gasteiger partial charge in [0.2, 0.25) is 0 Å². The van der Waals surface area contributed by atoms with E-state index in [1.807, 2.05) is 13.1 Å². The van der Waals surface area contributed by atoms with Crippen LogP contribution < -0.4 is 10.6 Å². The van der Waals surface area contributed by atoms with E-state index in [2.05, 4.69) is 34.7 Å². The van der Waals surface area contributed by atoms with Gasteiger partial charge in [0, 0.05) is 55.4 Å². The molecule has 18 heavy (non-hydrogen) atoms. The van der Waals surface area contributed by atoms with Crippen molar-refractivity contribution in [3.8, 4) is 0 Å². The Balaban J connectivity index is 2.19. The van der Waals surface area contributed by atoms with Crippen LogP contribution >= 0.6 is 0 Å². The molecule has 0 spiro atoms. The van der Waals surface area contributed by atoms with Gasteiger partial charge in [-0.2, -0.15) is 0 Å². The number of pyridine rings is 1. The van der Waals surface area contributed by atoms with Crippen molar-refractivity contribution in [1.82, 2.24) is 9.88 Å². The lowest BCUT2D eigenvalue weighted by atomic mass is 10.1. The number of hydrogen-bond acceptors (Lipinski definition) is 4. The predicted octanol–water partition coefficient (Wildman–Crippen LogP) is 1.38. The van der Waals surface area contributed by atoms with Crippen LogP contribution in [0.5, 0.6) is 0 Å². The Kier molecular flexibility index (Phi) is 4.19. The normalized spacial score (nSPS) is 21.3. The van der Waals surface area contributed by atoms with E-state index in [0.29, 0.717) is 12.6 Å². The second kappa shape index (κ2) is 5.67. The highest BCUT2D eigenvalue weighted by Gasteiger charge is 2.23. The van der Waals surface area contributed by atoms with Crippen LogP contribution in [0.2, 0.25) is 0 Å². The van der Waals surface area contributed by atoms with Gasteiger partial charge < -0.3 is 10.6 Å². The second-order valence-corrected chi connectivity index (χ2v) is 5.08. The van der Waals surface area contributed by atoms with Gasteiger partial charge in [-0.05, 0) is 26.5 Å². The summed E-state index contributed by atoms with van der Waals surface area (Å²) in [4.78, 5) is 9.31. The van der Waals surface area contributed by atoms with E-state index >= 15 is 0 Å². The molecular formula is C14H24N4. The Labute approximate surface area is 110 Å². The summed E-state index contributed by atoms with van der Waals surface area (Å²) in [6.07, 6.45) is 1.92. The van der Waals surface area contributed by atoms with Gasteiger partial charge in [-0.15, -0.1) is 0 Å². The molecule has 1 unspecified atom stereocenters. The predicted molar refractivity (Wildman–Crippen MR) is 75.8 cm³/mol. The van der Waals surface area contributed by atoms with Crippen LogP contribution in [-0.4, -0.2) is 42.1 Å². The van der Waals surface area contributed by atoms with E-state index in [-0.39, 0.29) is 0 Å². The van der Waals surface area contributed by atoms with Crippen LogP contribution in [-0.2, 0) is 6.54 Å². The number of aromatic nitrogens is 1. The summed E-state index contributed by atoms with van der Waals surface area (Å²) in [7, 11) is 0. The summed E-state index contributed by atoms with van der Waals surface area (Å²) < 4.78 is 0. The molecule has 0 aromatic carbocycles. The molecule has 0 saturated carbocycles. The molecule has 4 heteroatoms. The summed E-state index contributed by atoms with van der Waals surface area (Å²) >= 11 is 0. The van der Waals surface area contributed by atoms with Crippen molar-refractivity contribution in [2.24, 2.45) is 5.73 Å². The van der Waals surface area contributed by atoms with E-state index in [0.717, 1.165) is 37.4 Å². The Bertz CT molecular complexity index is 405. The second-order valence-electron chi connectivity index (χ2n) is 5.08. The minimum Gasteiger partial charge on any atom is -0.368 e. The fourth-order valence-corrected chi connectivity index (χ4v) is 2.71. The third kappa shape index (κ3) is 2.65. The number of likely N-dealkylation sites (N-methyl/N-ethyl adjacent to an activating group) is 1. The van der Waals surface area contributed by atoms with Gasteiger partial charge in [-0.3, -0.25) is 9.88 Å². The summed E-state index contributed by atoms with van der Waals surface area (Å²) in [5.41, 5.74) is 9.30. The summed E-state index contributed by atoms with van der Waals surface area (Å²) in [5.74, 6) is 0. The maximum absolute atomic E-state index is 5.82. The first-order valence-corrected chi connectivity index (χ1v) is 6.80. The quantitative estimate of drug-likeness (QED) is 0.878. The average molecular weight is 248 g/mol. The lowest BCUT2D eigenvalue weighted by Gasteiger charge is -2.41. The van der Waals surface area contributed by atoms with E-state index in [4.69, 9.17) is 5.73 Å². The molecule has 0 aliphatic carbocycles. The highest BCUT2D eigenvalue weighted by atomic mass is 15.3. The van der Waals surface area contributed by atoms with Gasteiger partial charge in [-0.1, -0.05) is 6.92 Å². The number of aryl methyl sites for hydroxylation is 1. The Morgan fingerprint density at radius 2 is 2.22 bits per heavy atom. The number of anilines is 1. The van der Waals surface area contributed by atoms with E-state index in [1.165, 1.54) is 5.69 Å². The lowest BCUT2D eigenvalue weighted by Crippen LogP contribution is -2.52. The smallest absolute Gasteiger partial charge is 0.0446 e. The molecule has 2 rings (SSSR count). The van der Waals surface area contributed by atoms with E-state index in [1.54, 1.807) is 0 Å². The number of nitrogens with zero attached hydrogens (tertiary/aromatic N) is 3. The zero-order chi connectivity index (χ0) is 13.1. The van der Waals surface area contributed by atoms with Gasteiger partial charge in [0.1, 0.15) is 0 Å². The van der Waals surface area contributed by atoms with Crippen LogP contribution in [0.3, 0.4) is 0 Å². The first kappa shape index (κ1) is 13.3. The Morgan fingerprint density at radius 3 is 2.83 bits per heavy atom. The van der Waals surface area contributed by atoms with Crippen molar-refractivity contribution < 1.29 is 0 Å². The molecule has 2 heterocycles. The molecule has 1 atom stereocenters. The summed E-state index contributed by atoms with van der Waals surface area (Å²) in [6.45, 7) is 11.5. The molecule has 4 nitrogen and oxygen atoms in total. The van der Waals surface area contributed by atoms with Crippen molar-refractivity contribution in [1.29, 1.82) is 0 Å². The zero-order valence-corrected chi connectivity index (χ0v) is 11.7. The van der Waals surface area contributed by atoms with Crippen LogP contribution in [0, 0.1) is 6.92 Å². The molecule has 1 aromatic heterocycles. The monoisotopic (exact) mass is 248 g/mol. The van der Waals surface area contributed by atoms with Gasteiger partial charge in [0.05, 0.1) is 0 Å². The molecule has 100 valence electrons. The molecule has 1 saturated heterocycles. The van der Waals surface area contributed by atoms with Crippen LogP contribution in [0.15, 0.2) is 12.3 Å². The van der Waals surface area contributed by atoms with Crippen molar-refractivity contribution in [2.75, 3.05) is 31.1 Å². The summed E-state index contributed by atoms with van der Waals surface area (Å²) in [5, 5.41) is 0. The van der Waals surface area contributed by atoms with Crippen LogP contribution in [0.1, 0.15) is 25.1 Å². The Hall–Kier alpha value is -1.13. The highest BCUT2D eigenvalue weighted by Crippen LogP contribution is 2.23. The minimum absolute atomic E-state index is 0.561. The van der Waals surface area contributed by atoms with Crippen molar-refractivity contribution in [3.63, 3.8) is 0 Å². The molecule has 1 aromatic rings. The van der Waals surface area contributed by atoms with Crippen molar-refractivity contribution in [2.45, 2.75) is 33.4 Å². The number of rotatable bonds is 3. The molecule has 0 amide bonds. The van der Waals surface area contributed by atoms with Crippen molar-refractivity contribution in [3.05, 3.63) is 23.5 Å². The highest BCUT2D eigenvalue weighted by molar-refractivity contribution is 5.54. The molecule has 0 radical (unpaired) electrons. The van der Waals surface area contributed by atoms with Gasteiger partial charge in [0.25, 0.3) is 0 Å². The van der Waals surface area contributed by atoms with Crippen LogP contribution in [0.25, 0.3) is 0 Å². The average Bonchev–Trinajstić information content (AvgIpc) is 2.38. The fourth-order valence-electron chi connectivity index (χ4n) is 2.71. The van der Waals surface area contributed by atoms with Crippen molar-refractivity contribution >= 4 is 5.69 Å². The molecule has 0 bridgehead atoms. The number of hydrogen-bond donors (Lipinski definition) is 1. The number of piperazine rings is 1. The first-order valence-electron chi connectivity index (χ1n) is 6.80. The lowest BCUT2D eigenvalue weighted by molar-refractivity contribution is 0.199. The standard InChI is InChI=1S/C14H24N4/c1-4-17-5-6-18(10-12(17)3)14-7-11(2)16-9-13(14)8-15/h7,9,12H,4-6,8,10,15H2,1-3H3. The maximum atomic E-state index is 5.82. The summed E-state index contributed by atoms with van der Waals surface area (Å²) in [6, 6.07) is 2.76. The van der Waals surface area contributed by atoms with Gasteiger partial charge in [0.15, 0.2) is 0 Å². The molecule has 1 fully saturated rings. The zero-order valence-electron chi connectivity index (χ0n) is 11.7. The third-order valence-corrected chi connectivity index (χ3v) is 3.83. The van der Waals surface area contributed by atoms with E-state index in [9.17, 15) is 0 Å². The van der Waals surface area contributed by atoms with Gasteiger partial charge >= 0.3 is 0 Å². The largest absolute Gasteiger partial charge is 0.368 e. The molecule has 1 aliphatic heterocycles. The SMILES string of the molecule is CCN1CCN(c2cc(C)ncc2CN)CC1C. The first-order chi connectivity index (χ1) is 8.65. The topological polar surface area (TPSA) is 45.4 Å². The van der Waals surface area contributed by atoms with Crippen LogP contribution in [0.4, 0.5) is 5.69 Å². The number of nitrogens with two attached hydrogens (primary N) is 1. The fraction of sp³-hybridized carbons (Fsp3) is 0.643. The Morgan fingerprint density at radius 1 is 1.44 bits per heavy atom.